The molecule has 0 saturated carbocycles. The van der Waals surface area contributed by atoms with Gasteiger partial charge in [0.2, 0.25) is 5.91 Å². The van der Waals surface area contributed by atoms with Crippen molar-refractivity contribution in [2.75, 3.05) is 5.75 Å². The number of hydrogen-bond donors (Lipinski definition) is 3. The minimum atomic E-state index is -0.667. The molecular weight excluding hydrogens is 236 g/mol. The first-order chi connectivity index (χ1) is 7.69. The fourth-order valence-corrected chi connectivity index (χ4v) is 2.67. The van der Waals surface area contributed by atoms with Gasteiger partial charge in [0.15, 0.2) is 0 Å². The molecule has 0 aromatic rings. The van der Waals surface area contributed by atoms with Crippen LogP contribution >= 0.6 is 11.8 Å². The van der Waals surface area contributed by atoms with E-state index >= 15 is 0 Å². The highest BCUT2D eigenvalue weighted by molar-refractivity contribution is 7.99. The predicted octanol–water partition coefficient (Wildman–Crippen LogP) is 1.12. The Morgan fingerprint density at radius 3 is 2.29 bits per heavy atom. The Morgan fingerprint density at radius 2 is 1.94 bits per heavy atom. The number of rotatable bonds is 8. The zero-order valence-electron chi connectivity index (χ0n) is 11.5. The molecule has 0 aromatic carbocycles. The van der Waals surface area contributed by atoms with Gasteiger partial charge >= 0.3 is 0 Å². The van der Waals surface area contributed by atoms with Crippen LogP contribution in [0.15, 0.2) is 0 Å². The smallest absolute Gasteiger partial charge is 0.237 e. The fraction of sp³-hybridized carbons (Fsp3) is 0.917. The third-order valence-electron chi connectivity index (χ3n) is 2.81. The van der Waals surface area contributed by atoms with Crippen molar-refractivity contribution in [3.05, 3.63) is 0 Å². The first-order valence-corrected chi connectivity index (χ1v) is 7.11. The summed E-state index contributed by atoms with van der Waals surface area (Å²) in [4.78, 5) is 11.5. The second kappa shape index (κ2) is 7.24. The topological polar surface area (TPSA) is 75.3 Å². The van der Waals surface area contributed by atoms with Gasteiger partial charge in [-0.05, 0) is 39.9 Å². The molecule has 0 aliphatic heterocycles. The molecule has 0 aliphatic rings. The molecule has 0 rings (SSSR count). The van der Waals surface area contributed by atoms with Gasteiger partial charge in [0.25, 0.3) is 0 Å². The Kier molecular flexibility index (Phi) is 7.13. The first-order valence-electron chi connectivity index (χ1n) is 6.06. The van der Waals surface area contributed by atoms with E-state index in [1.807, 2.05) is 27.7 Å². The van der Waals surface area contributed by atoms with Crippen LogP contribution < -0.4 is 11.1 Å². The number of carbonyl (C=O) groups is 1. The average Bonchev–Trinajstić information content (AvgIpc) is 2.15. The Bertz CT molecular complexity index is 247. The van der Waals surface area contributed by atoms with E-state index < -0.39 is 5.54 Å². The molecule has 4 N–H and O–H groups in total. The first kappa shape index (κ1) is 16.7. The van der Waals surface area contributed by atoms with Gasteiger partial charge in [0.05, 0.1) is 11.6 Å². The van der Waals surface area contributed by atoms with E-state index in [1.165, 1.54) is 0 Å². The van der Waals surface area contributed by atoms with Crippen molar-refractivity contribution in [3.63, 3.8) is 0 Å². The number of aliphatic hydroxyl groups excluding tert-OH is 1. The summed E-state index contributed by atoms with van der Waals surface area (Å²) in [6, 6.07) is 0.215. The van der Waals surface area contributed by atoms with Crippen LogP contribution in [-0.2, 0) is 4.79 Å². The Hall–Kier alpha value is -0.260. The van der Waals surface area contributed by atoms with Crippen molar-refractivity contribution in [3.8, 4) is 0 Å². The number of carbonyl (C=O) groups excluding carboxylic acids is 1. The third kappa shape index (κ3) is 6.29. The van der Waals surface area contributed by atoms with Gasteiger partial charge in [-0.3, -0.25) is 4.79 Å². The van der Waals surface area contributed by atoms with Crippen molar-refractivity contribution >= 4 is 17.7 Å². The zero-order valence-corrected chi connectivity index (χ0v) is 12.3. The van der Waals surface area contributed by atoms with Crippen LogP contribution in [0.1, 0.15) is 41.0 Å². The van der Waals surface area contributed by atoms with E-state index in [-0.39, 0.29) is 23.3 Å². The monoisotopic (exact) mass is 262 g/mol. The standard InChI is InChI=1S/C12H26N2O2S/c1-8(2)14-12(5,11(13)16)6-7-17-10(4)9(3)15/h8-10,14-15H,6-7H2,1-5H3,(H2,13,16). The van der Waals surface area contributed by atoms with E-state index in [2.05, 4.69) is 5.32 Å². The Labute approximate surface area is 109 Å². The zero-order chi connectivity index (χ0) is 13.6. The lowest BCUT2D eigenvalue weighted by Crippen LogP contribution is -2.55. The van der Waals surface area contributed by atoms with Crippen molar-refractivity contribution in [1.29, 1.82) is 0 Å². The molecule has 102 valence electrons. The van der Waals surface area contributed by atoms with Gasteiger partial charge in [-0.15, -0.1) is 0 Å². The van der Waals surface area contributed by atoms with E-state index in [4.69, 9.17) is 5.73 Å². The average molecular weight is 262 g/mol. The summed E-state index contributed by atoms with van der Waals surface area (Å²) in [5.74, 6) is 0.474. The third-order valence-corrected chi connectivity index (χ3v) is 4.17. The van der Waals surface area contributed by atoms with E-state index in [9.17, 15) is 9.90 Å². The molecule has 0 aromatic heterocycles. The molecule has 4 nitrogen and oxygen atoms in total. The lowest BCUT2D eigenvalue weighted by Gasteiger charge is -2.30. The summed E-state index contributed by atoms with van der Waals surface area (Å²) in [5, 5.41) is 12.8. The summed E-state index contributed by atoms with van der Waals surface area (Å²) in [6.07, 6.45) is 0.334. The van der Waals surface area contributed by atoms with Crippen molar-refractivity contribution in [2.45, 2.75) is 64.0 Å². The Morgan fingerprint density at radius 1 is 1.41 bits per heavy atom. The normalized spacial score (nSPS) is 18.8. The summed E-state index contributed by atoms with van der Waals surface area (Å²) < 4.78 is 0. The van der Waals surface area contributed by atoms with Gasteiger partial charge in [-0.2, -0.15) is 11.8 Å². The largest absolute Gasteiger partial charge is 0.392 e. The molecule has 3 atom stereocenters. The number of nitrogens with one attached hydrogen (secondary N) is 1. The number of hydrogen-bond acceptors (Lipinski definition) is 4. The van der Waals surface area contributed by atoms with E-state index in [0.717, 1.165) is 5.75 Å². The lowest BCUT2D eigenvalue weighted by atomic mass is 9.97. The van der Waals surface area contributed by atoms with Gasteiger partial charge in [0.1, 0.15) is 0 Å². The number of nitrogens with two attached hydrogens (primary N) is 1. The minimum absolute atomic E-state index is 0.172. The van der Waals surface area contributed by atoms with Crippen LogP contribution in [0, 0.1) is 0 Å². The van der Waals surface area contributed by atoms with Crippen molar-refractivity contribution < 1.29 is 9.90 Å². The maximum atomic E-state index is 11.5. The maximum Gasteiger partial charge on any atom is 0.237 e. The van der Waals surface area contributed by atoms with Crippen LogP contribution in [-0.4, -0.2) is 39.7 Å². The van der Waals surface area contributed by atoms with Crippen LogP contribution in [0.25, 0.3) is 0 Å². The molecule has 0 spiro atoms. The lowest BCUT2D eigenvalue weighted by molar-refractivity contribution is -0.124. The van der Waals surface area contributed by atoms with Crippen LogP contribution in [0.3, 0.4) is 0 Å². The Balaban J connectivity index is 4.23. The van der Waals surface area contributed by atoms with E-state index in [0.29, 0.717) is 6.42 Å². The van der Waals surface area contributed by atoms with Crippen LogP contribution in [0.2, 0.25) is 0 Å². The van der Waals surface area contributed by atoms with Gasteiger partial charge < -0.3 is 16.2 Å². The van der Waals surface area contributed by atoms with Gasteiger partial charge in [0, 0.05) is 11.3 Å². The molecule has 0 heterocycles. The molecule has 0 saturated heterocycles. The number of amides is 1. The molecule has 0 bridgehead atoms. The molecular formula is C12H26N2O2S. The second-order valence-electron chi connectivity index (χ2n) is 5.06. The summed E-state index contributed by atoms with van der Waals surface area (Å²) in [6.45, 7) is 9.58. The molecule has 5 heteroatoms. The highest BCUT2D eigenvalue weighted by atomic mass is 32.2. The van der Waals surface area contributed by atoms with Gasteiger partial charge in [-0.1, -0.05) is 6.92 Å². The van der Waals surface area contributed by atoms with E-state index in [1.54, 1.807) is 18.7 Å². The predicted molar refractivity (Wildman–Crippen MR) is 74.1 cm³/mol. The fourth-order valence-electron chi connectivity index (χ4n) is 1.49. The summed E-state index contributed by atoms with van der Waals surface area (Å²) in [5.41, 5.74) is 4.77. The number of primary amides is 1. The number of thioether (sulfide) groups is 1. The maximum absolute atomic E-state index is 11.5. The van der Waals surface area contributed by atoms with Crippen molar-refractivity contribution in [2.24, 2.45) is 5.73 Å². The molecule has 17 heavy (non-hydrogen) atoms. The molecule has 0 radical (unpaired) electrons. The highest BCUT2D eigenvalue weighted by Gasteiger charge is 2.31. The van der Waals surface area contributed by atoms with Crippen LogP contribution in [0.5, 0.6) is 0 Å². The van der Waals surface area contributed by atoms with Crippen molar-refractivity contribution in [1.82, 2.24) is 5.32 Å². The molecule has 1 amide bonds. The minimum Gasteiger partial charge on any atom is -0.392 e. The second-order valence-corrected chi connectivity index (χ2v) is 6.55. The quantitative estimate of drug-likeness (QED) is 0.613. The SMILES string of the molecule is CC(C)NC(C)(CCSC(C)C(C)O)C(N)=O. The highest BCUT2D eigenvalue weighted by Crippen LogP contribution is 2.20. The molecule has 3 unspecified atom stereocenters. The van der Waals surface area contributed by atoms with Crippen LogP contribution in [0.4, 0.5) is 0 Å². The molecule has 0 fully saturated rings. The summed E-state index contributed by atoms with van der Waals surface area (Å²) in [7, 11) is 0. The number of aliphatic hydroxyl groups is 1. The van der Waals surface area contributed by atoms with Gasteiger partial charge in [-0.25, -0.2) is 0 Å². The molecule has 0 aliphatic carbocycles. The summed E-state index contributed by atoms with van der Waals surface area (Å²) >= 11 is 1.66.